The van der Waals surface area contributed by atoms with Crippen LogP contribution in [0.25, 0.3) is 0 Å². The van der Waals surface area contributed by atoms with Crippen LogP contribution in [0.2, 0.25) is 0 Å². The quantitative estimate of drug-likeness (QED) is 0.618. The molecule has 15 heavy (non-hydrogen) atoms. The highest BCUT2D eigenvalue weighted by Crippen LogP contribution is 2.29. The highest BCUT2D eigenvalue weighted by molar-refractivity contribution is 9.10. The predicted molar refractivity (Wildman–Crippen MR) is 50.9 cm³/mol. The van der Waals surface area contributed by atoms with Crippen molar-refractivity contribution in [2.75, 3.05) is 0 Å². The van der Waals surface area contributed by atoms with Crippen molar-refractivity contribution in [3.05, 3.63) is 17.5 Å². The van der Waals surface area contributed by atoms with E-state index in [1.54, 1.807) is 0 Å². The summed E-state index contributed by atoms with van der Waals surface area (Å²) in [4.78, 5) is 10.8. The van der Waals surface area contributed by atoms with Gasteiger partial charge in [0.25, 0.3) is 0 Å². The van der Waals surface area contributed by atoms with Gasteiger partial charge in [-0.1, -0.05) is 15.9 Å². The number of carbonyl (C=O) groups is 1. The van der Waals surface area contributed by atoms with Crippen LogP contribution in [0.1, 0.15) is 23.1 Å². The summed E-state index contributed by atoms with van der Waals surface area (Å²) in [5.41, 5.74) is -1.12. The molecule has 0 N–H and O–H groups in total. The maximum Gasteiger partial charge on any atom is 0.433 e. The molecule has 0 spiro atoms. The number of alkyl halides is 4. The number of Topliss-reactive ketones (excluding diaryl/α,β-unsaturated/α-hetero) is 1. The number of halogens is 4. The van der Waals surface area contributed by atoms with E-state index in [4.69, 9.17) is 0 Å². The number of ketones is 1. The van der Waals surface area contributed by atoms with E-state index in [0.717, 1.165) is 13.1 Å². The summed E-state index contributed by atoms with van der Waals surface area (Å²) in [6.45, 7) is 1.53. The Kier molecular flexibility index (Phi) is 3.22. The molecule has 1 atom stereocenters. The first-order valence-electron chi connectivity index (χ1n) is 4.03. The van der Waals surface area contributed by atoms with E-state index in [-0.39, 0.29) is 5.69 Å². The zero-order valence-electron chi connectivity index (χ0n) is 7.97. The van der Waals surface area contributed by atoms with E-state index in [0.29, 0.717) is 4.68 Å². The fourth-order valence-corrected chi connectivity index (χ4v) is 1.29. The van der Waals surface area contributed by atoms with E-state index in [1.807, 2.05) is 0 Å². The van der Waals surface area contributed by atoms with Crippen LogP contribution in [-0.4, -0.2) is 20.4 Å². The van der Waals surface area contributed by atoms with Gasteiger partial charge in [-0.25, -0.2) is 0 Å². The van der Waals surface area contributed by atoms with Crippen molar-refractivity contribution in [3.63, 3.8) is 0 Å². The smallest absolute Gasteiger partial charge is 0.291 e. The Morgan fingerprint density at radius 2 is 2.13 bits per heavy atom. The van der Waals surface area contributed by atoms with Crippen molar-refractivity contribution < 1.29 is 18.0 Å². The van der Waals surface area contributed by atoms with Gasteiger partial charge >= 0.3 is 6.18 Å². The number of hydrogen-bond acceptors (Lipinski definition) is 2. The summed E-state index contributed by atoms with van der Waals surface area (Å²) in [6, 6.07) is 0.750. The van der Waals surface area contributed by atoms with Crippen LogP contribution in [0.3, 0.4) is 0 Å². The Morgan fingerprint density at radius 3 is 2.47 bits per heavy atom. The van der Waals surface area contributed by atoms with Crippen LogP contribution in [-0.2, 0) is 13.2 Å². The number of nitrogens with zero attached hydrogens (tertiary/aromatic N) is 2. The van der Waals surface area contributed by atoms with E-state index < -0.39 is 22.5 Å². The first-order valence-corrected chi connectivity index (χ1v) is 4.94. The molecule has 1 unspecified atom stereocenters. The Balaban J connectivity index is 3.12. The molecule has 1 aromatic rings. The lowest BCUT2D eigenvalue weighted by molar-refractivity contribution is -0.143. The summed E-state index contributed by atoms with van der Waals surface area (Å²) >= 11 is 2.98. The first-order chi connectivity index (χ1) is 6.73. The van der Waals surface area contributed by atoms with Gasteiger partial charge < -0.3 is 0 Å². The van der Waals surface area contributed by atoms with Gasteiger partial charge in [0, 0.05) is 7.05 Å². The molecule has 0 aromatic carbocycles. The summed E-state index contributed by atoms with van der Waals surface area (Å²) in [5, 5.41) is 3.52. The minimum Gasteiger partial charge on any atom is -0.291 e. The fourth-order valence-electron chi connectivity index (χ4n) is 1.06. The maximum absolute atomic E-state index is 12.3. The van der Waals surface area contributed by atoms with Crippen LogP contribution < -0.4 is 0 Å². The summed E-state index contributed by atoms with van der Waals surface area (Å²) in [6.07, 6.45) is -4.49. The molecule has 1 aromatic heterocycles. The minimum absolute atomic E-state index is 0.186. The summed E-state index contributed by atoms with van der Waals surface area (Å²) < 4.78 is 37.7. The Hall–Kier alpha value is -0.850. The molecular formula is C8H8BrF3N2O. The third-order valence-corrected chi connectivity index (χ3v) is 2.20. The minimum atomic E-state index is -4.49. The lowest BCUT2D eigenvalue weighted by Crippen LogP contribution is -2.11. The van der Waals surface area contributed by atoms with Crippen molar-refractivity contribution in [1.82, 2.24) is 9.78 Å². The fraction of sp³-hybridized carbons (Fsp3) is 0.500. The average molecular weight is 285 g/mol. The topological polar surface area (TPSA) is 34.9 Å². The second-order valence-corrected chi connectivity index (χ2v) is 4.39. The summed E-state index contributed by atoms with van der Waals surface area (Å²) in [7, 11) is 1.15. The lowest BCUT2D eigenvalue weighted by Gasteiger charge is -2.04. The number of hydrogen-bond donors (Lipinski definition) is 0. The third-order valence-electron chi connectivity index (χ3n) is 1.78. The largest absolute Gasteiger partial charge is 0.433 e. The van der Waals surface area contributed by atoms with Gasteiger partial charge in [-0.3, -0.25) is 9.48 Å². The molecular weight excluding hydrogens is 277 g/mol. The van der Waals surface area contributed by atoms with Gasteiger partial charge in [0.05, 0.1) is 4.83 Å². The zero-order valence-corrected chi connectivity index (χ0v) is 9.56. The van der Waals surface area contributed by atoms with Crippen molar-refractivity contribution in [3.8, 4) is 0 Å². The SMILES string of the molecule is CC(Br)C(=O)c1cc(C(F)(F)F)n(C)n1. The standard InChI is InChI=1S/C8H8BrF3N2O/c1-4(9)7(15)5-3-6(8(10,11)12)14(2)13-5/h3-4H,1-2H3. The van der Waals surface area contributed by atoms with Crippen LogP contribution in [0.5, 0.6) is 0 Å². The van der Waals surface area contributed by atoms with Crippen molar-refractivity contribution in [2.45, 2.75) is 17.9 Å². The molecule has 0 saturated heterocycles. The normalized spacial score (nSPS) is 14.0. The molecule has 3 nitrogen and oxygen atoms in total. The second kappa shape index (κ2) is 3.96. The molecule has 1 rings (SSSR count). The molecule has 0 amide bonds. The Morgan fingerprint density at radius 1 is 1.60 bits per heavy atom. The van der Waals surface area contributed by atoms with Crippen LogP contribution >= 0.6 is 15.9 Å². The highest BCUT2D eigenvalue weighted by Gasteiger charge is 2.35. The number of aromatic nitrogens is 2. The molecule has 0 bridgehead atoms. The molecule has 1 heterocycles. The number of rotatable bonds is 2. The third kappa shape index (κ3) is 2.58. The van der Waals surface area contributed by atoms with Gasteiger partial charge in [0.1, 0.15) is 11.4 Å². The van der Waals surface area contributed by atoms with E-state index in [1.165, 1.54) is 6.92 Å². The van der Waals surface area contributed by atoms with Gasteiger partial charge in [-0.15, -0.1) is 0 Å². The molecule has 0 radical (unpaired) electrons. The molecule has 0 aliphatic heterocycles. The van der Waals surface area contributed by atoms with Gasteiger partial charge in [-0.2, -0.15) is 18.3 Å². The monoisotopic (exact) mass is 284 g/mol. The average Bonchev–Trinajstić information content (AvgIpc) is 2.44. The zero-order chi connectivity index (χ0) is 11.8. The summed E-state index contributed by atoms with van der Waals surface area (Å²) in [5.74, 6) is -0.471. The van der Waals surface area contributed by atoms with Crippen LogP contribution in [0.4, 0.5) is 13.2 Å². The molecule has 0 saturated carbocycles. The lowest BCUT2D eigenvalue weighted by atomic mass is 10.2. The van der Waals surface area contributed by atoms with E-state index in [9.17, 15) is 18.0 Å². The van der Waals surface area contributed by atoms with Gasteiger partial charge in [-0.05, 0) is 13.0 Å². The van der Waals surface area contributed by atoms with Crippen molar-refractivity contribution in [1.29, 1.82) is 0 Å². The van der Waals surface area contributed by atoms with Gasteiger partial charge in [0.15, 0.2) is 5.78 Å². The van der Waals surface area contributed by atoms with Crippen molar-refractivity contribution in [2.24, 2.45) is 7.05 Å². The molecule has 0 fully saturated rings. The van der Waals surface area contributed by atoms with Crippen LogP contribution in [0, 0.1) is 0 Å². The first kappa shape index (κ1) is 12.2. The predicted octanol–water partition coefficient (Wildman–Crippen LogP) is 2.41. The molecule has 84 valence electrons. The Labute approximate surface area is 92.4 Å². The molecule has 0 aliphatic carbocycles. The van der Waals surface area contributed by atoms with Crippen LogP contribution in [0.15, 0.2) is 6.07 Å². The van der Waals surface area contributed by atoms with Gasteiger partial charge in [0.2, 0.25) is 0 Å². The number of aryl methyl sites for hydroxylation is 1. The molecule has 0 aliphatic rings. The van der Waals surface area contributed by atoms with Crippen molar-refractivity contribution >= 4 is 21.7 Å². The second-order valence-electron chi connectivity index (χ2n) is 3.02. The van der Waals surface area contributed by atoms with E-state index >= 15 is 0 Å². The van der Waals surface area contributed by atoms with E-state index in [2.05, 4.69) is 21.0 Å². The number of carbonyl (C=O) groups excluding carboxylic acids is 1. The maximum atomic E-state index is 12.3. The highest BCUT2D eigenvalue weighted by atomic mass is 79.9. The Bertz CT molecular complexity index is 384. The molecule has 7 heteroatoms.